The average molecular weight is 242 g/mol. The lowest BCUT2D eigenvalue weighted by molar-refractivity contribution is 0.151. The number of hydrogen-bond donors (Lipinski definition) is 2. The molecule has 16 heavy (non-hydrogen) atoms. The molecule has 2 N–H and O–H groups in total. The van der Waals surface area contributed by atoms with Gasteiger partial charge in [-0.15, -0.1) is 0 Å². The quantitative estimate of drug-likeness (QED) is 0.824. The highest BCUT2D eigenvalue weighted by Crippen LogP contribution is 2.39. The average Bonchev–Trinajstić information content (AvgIpc) is 2.80. The van der Waals surface area contributed by atoms with Crippen molar-refractivity contribution in [2.24, 2.45) is 0 Å². The zero-order valence-electron chi connectivity index (χ0n) is 8.97. The molecular formula is C11H14O4S. The predicted octanol–water partition coefficient (Wildman–Crippen LogP) is 0.863. The van der Waals surface area contributed by atoms with Gasteiger partial charge < -0.3 is 10.2 Å². The van der Waals surface area contributed by atoms with Crippen LogP contribution >= 0.6 is 0 Å². The Labute approximate surface area is 94.5 Å². The molecule has 0 aliphatic heterocycles. The second-order valence-electron chi connectivity index (χ2n) is 4.48. The van der Waals surface area contributed by atoms with E-state index >= 15 is 0 Å². The Bertz CT molecular complexity index is 515. The SMILES string of the molecule is CS(=O)(=O)c1ccc(CC2(O)CC2)cc1O. The maximum absolute atomic E-state index is 11.3. The lowest BCUT2D eigenvalue weighted by atomic mass is 10.1. The highest BCUT2D eigenvalue weighted by Gasteiger charge is 2.40. The first-order valence-corrected chi connectivity index (χ1v) is 6.94. The molecule has 0 aromatic heterocycles. The van der Waals surface area contributed by atoms with E-state index in [1.807, 2.05) is 0 Å². The van der Waals surface area contributed by atoms with Gasteiger partial charge in [0, 0.05) is 12.7 Å². The smallest absolute Gasteiger partial charge is 0.179 e. The molecule has 0 unspecified atom stereocenters. The standard InChI is InChI=1S/C11H14O4S/c1-16(14,15)10-3-2-8(6-9(10)12)7-11(13)4-5-11/h2-3,6,12-13H,4-5,7H2,1H3. The molecule has 0 heterocycles. The number of rotatable bonds is 3. The van der Waals surface area contributed by atoms with Gasteiger partial charge in [0.2, 0.25) is 0 Å². The summed E-state index contributed by atoms with van der Waals surface area (Å²) in [7, 11) is -3.39. The van der Waals surface area contributed by atoms with Crippen LogP contribution in [-0.4, -0.2) is 30.5 Å². The van der Waals surface area contributed by atoms with Gasteiger partial charge in [0.05, 0.1) is 5.60 Å². The maximum Gasteiger partial charge on any atom is 0.179 e. The molecular weight excluding hydrogens is 228 g/mol. The van der Waals surface area contributed by atoms with Crippen LogP contribution in [-0.2, 0) is 16.3 Å². The van der Waals surface area contributed by atoms with Crippen LogP contribution in [0.5, 0.6) is 5.75 Å². The van der Waals surface area contributed by atoms with Gasteiger partial charge in [-0.1, -0.05) is 6.07 Å². The third kappa shape index (κ3) is 2.36. The number of aliphatic hydroxyl groups is 1. The summed E-state index contributed by atoms with van der Waals surface area (Å²) >= 11 is 0. The second kappa shape index (κ2) is 3.46. The largest absolute Gasteiger partial charge is 0.507 e. The third-order valence-corrected chi connectivity index (χ3v) is 3.93. The van der Waals surface area contributed by atoms with Gasteiger partial charge in [-0.25, -0.2) is 8.42 Å². The van der Waals surface area contributed by atoms with Crippen LogP contribution in [0.15, 0.2) is 23.1 Å². The second-order valence-corrected chi connectivity index (χ2v) is 6.46. The number of phenolic OH excluding ortho intramolecular Hbond substituents is 1. The maximum atomic E-state index is 11.3. The summed E-state index contributed by atoms with van der Waals surface area (Å²) < 4.78 is 22.5. The number of benzene rings is 1. The van der Waals surface area contributed by atoms with Crippen molar-refractivity contribution in [3.8, 4) is 5.75 Å². The van der Waals surface area contributed by atoms with Crippen molar-refractivity contribution in [2.75, 3.05) is 6.26 Å². The molecule has 1 aliphatic rings. The zero-order valence-corrected chi connectivity index (χ0v) is 9.79. The van der Waals surface area contributed by atoms with Crippen LogP contribution in [0, 0.1) is 0 Å². The van der Waals surface area contributed by atoms with Crippen molar-refractivity contribution < 1.29 is 18.6 Å². The first-order chi connectivity index (χ1) is 7.30. The van der Waals surface area contributed by atoms with Gasteiger partial charge in [0.25, 0.3) is 0 Å². The molecule has 88 valence electrons. The molecule has 5 heteroatoms. The minimum Gasteiger partial charge on any atom is -0.507 e. The van der Waals surface area contributed by atoms with Crippen LogP contribution in [0.2, 0.25) is 0 Å². The summed E-state index contributed by atoms with van der Waals surface area (Å²) in [5.41, 5.74) is 0.115. The summed E-state index contributed by atoms with van der Waals surface area (Å²) in [6.07, 6.45) is 3.05. The molecule has 1 fully saturated rings. The topological polar surface area (TPSA) is 74.6 Å². The van der Waals surface area contributed by atoms with Gasteiger partial charge in [-0.3, -0.25) is 0 Å². The van der Waals surface area contributed by atoms with E-state index in [-0.39, 0.29) is 10.6 Å². The highest BCUT2D eigenvalue weighted by molar-refractivity contribution is 7.90. The number of aromatic hydroxyl groups is 1. The van der Waals surface area contributed by atoms with E-state index in [2.05, 4.69) is 0 Å². The molecule has 0 bridgehead atoms. The van der Waals surface area contributed by atoms with E-state index in [1.165, 1.54) is 12.1 Å². The molecule has 0 atom stereocenters. The van der Waals surface area contributed by atoms with Gasteiger partial charge in [-0.2, -0.15) is 0 Å². The van der Waals surface area contributed by atoms with Crippen LogP contribution in [0.3, 0.4) is 0 Å². The first kappa shape index (κ1) is 11.4. The minimum absolute atomic E-state index is 0.0703. The summed E-state index contributed by atoms with van der Waals surface area (Å²) in [5, 5.41) is 19.3. The Morgan fingerprint density at radius 1 is 1.38 bits per heavy atom. The first-order valence-electron chi connectivity index (χ1n) is 5.05. The number of phenols is 1. The highest BCUT2D eigenvalue weighted by atomic mass is 32.2. The van der Waals surface area contributed by atoms with E-state index in [4.69, 9.17) is 0 Å². The van der Waals surface area contributed by atoms with Crippen LogP contribution in [0.1, 0.15) is 18.4 Å². The molecule has 0 radical (unpaired) electrons. The predicted molar refractivity (Wildman–Crippen MR) is 59.1 cm³/mol. The molecule has 1 aromatic carbocycles. The Balaban J connectivity index is 2.29. The molecule has 2 rings (SSSR count). The third-order valence-electron chi connectivity index (χ3n) is 2.78. The van der Waals surface area contributed by atoms with Crippen molar-refractivity contribution in [2.45, 2.75) is 29.8 Å². The molecule has 0 spiro atoms. The van der Waals surface area contributed by atoms with E-state index < -0.39 is 15.4 Å². The number of sulfone groups is 1. The Morgan fingerprint density at radius 2 is 2.00 bits per heavy atom. The van der Waals surface area contributed by atoms with Gasteiger partial charge >= 0.3 is 0 Å². The van der Waals surface area contributed by atoms with Crippen LogP contribution in [0.4, 0.5) is 0 Å². The van der Waals surface area contributed by atoms with Gasteiger partial charge in [0.1, 0.15) is 10.6 Å². The molecule has 1 saturated carbocycles. The summed E-state index contributed by atoms with van der Waals surface area (Å²) in [6, 6.07) is 4.42. The fourth-order valence-corrected chi connectivity index (χ4v) is 2.44. The monoisotopic (exact) mass is 242 g/mol. The van der Waals surface area contributed by atoms with Gasteiger partial charge in [-0.05, 0) is 30.5 Å². The van der Waals surface area contributed by atoms with E-state index in [0.29, 0.717) is 6.42 Å². The van der Waals surface area contributed by atoms with Crippen LogP contribution in [0.25, 0.3) is 0 Å². The van der Waals surface area contributed by atoms with E-state index in [0.717, 1.165) is 24.7 Å². The Kier molecular flexibility index (Phi) is 2.47. The van der Waals surface area contributed by atoms with Crippen molar-refractivity contribution in [1.82, 2.24) is 0 Å². The van der Waals surface area contributed by atoms with Crippen LogP contribution < -0.4 is 0 Å². The molecule has 0 amide bonds. The zero-order chi connectivity index (χ0) is 12.0. The summed E-state index contributed by atoms with van der Waals surface area (Å²) in [5.74, 6) is -0.246. The molecule has 4 nitrogen and oxygen atoms in total. The summed E-state index contributed by atoms with van der Waals surface area (Å²) in [4.78, 5) is -0.0703. The molecule has 1 aliphatic carbocycles. The lowest BCUT2D eigenvalue weighted by Crippen LogP contribution is -2.10. The minimum atomic E-state index is -3.39. The summed E-state index contributed by atoms with van der Waals surface area (Å²) in [6.45, 7) is 0. The normalized spacial score (nSPS) is 18.4. The fraction of sp³-hybridized carbons (Fsp3) is 0.455. The number of hydrogen-bond acceptors (Lipinski definition) is 4. The fourth-order valence-electron chi connectivity index (χ4n) is 1.69. The Morgan fingerprint density at radius 3 is 2.44 bits per heavy atom. The van der Waals surface area contributed by atoms with Crippen molar-refractivity contribution in [1.29, 1.82) is 0 Å². The van der Waals surface area contributed by atoms with Gasteiger partial charge in [0.15, 0.2) is 9.84 Å². The van der Waals surface area contributed by atoms with Crippen molar-refractivity contribution in [3.05, 3.63) is 23.8 Å². The Hall–Kier alpha value is -1.07. The van der Waals surface area contributed by atoms with E-state index in [9.17, 15) is 18.6 Å². The van der Waals surface area contributed by atoms with Crippen molar-refractivity contribution in [3.63, 3.8) is 0 Å². The lowest BCUT2D eigenvalue weighted by Gasteiger charge is -2.09. The molecule has 0 saturated heterocycles. The molecule has 1 aromatic rings. The van der Waals surface area contributed by atoms with E-state index in [1.54, 1.807) is 6.07 Å². The van der Waals surface area contributed by atoms with Crippen molar-refractivity contribution >= 4 is 9.84 Å².